The number of halogens is 1. The van der Waals surface area contributed by atoms with Crippen LogP contribution in [0.15, 0.2) is 61.1 Å². The summed E-state index contributed by atoms with van der Waals surface area (Å²) >= 11 is 6.01. The molecule has 1 aliphatic rings. The second kappa shape index (κ2) is 8.27. The van der Waals surface area contributed by atoms with Crippen molar-refractivity contribution in [3.63, 3.8) is 0 Å². The second-order valence-corrected chi connectivity index (χ2v) is 6.79. The van der Waals surface area contributed by atoms with E-state index in [4.69, 9.17) is 21.1 Å². The molecule has 28 heavy (non-hydrogen) atoms. The molecule has 1 aliphatic heterocycles. The highest BCUT2D eigenvalue weighted by Gasteiger charge is 2.24. The van der Waals surface area contributed by atoms with Gasteiger partial charge in [-0.2, -0.15) is 0 Å². The standard InChI is InChI=1S/C21H18ClN3O3/c22-17-3-1-2-4-20(17)27-13-21(26)25-11-16-10-15-9-14(5-6-19(15)28-16)18-12-23-7-8-24-18/h1-9,12,16H,10-11,13H2,(H,25,26). The van der Waals surface area contributed by atoms with Crippen molar-refractivity contribution in [2.45, 2.75) is 12.5 Å². The van der Waals surface area contributed by atoms with Gasteiger partial charge in [0.25, 0.3) is 5.91 Å². The van der Waals surface area contributed by atoms with Crippen LogP contribution in [-0.2, 0) is 11.2 Å². The van der Waals surface area contributed by atoms with Gasteiger partial charge in [0.1, 0.15) is 17.6 Å². The molecule has 0 saturated carbocycles. The molecule has 6 nitrogen and oxygen atoms in total. The van der Waals surface area contributed by atoms with Gasteiger partial charge in [-0.25, -0.2) is 0 Å². The Labute approximate surface area is 167 Å². The number of nitrogens with one attached hydrogen (secondary N) is 1. The SMILES string of the molecule is O=C(COc1ccccc1Cl)NCC1Cc2cc(-c3cnccn3)ccc2O1. The molecule has 2 heterocycles. The normalized spacial score (nSPS) is 14.8. The van der Waals surface area contributed by atoms with Gasteiger partial charge in [-0.1, -0.05) is 23.7 Å². The minimum atomic E-state index is -0.222. The van der Waals surface area contributed by atoms with E-state index in [9.17, 15) is 4.79 Å². The summed E-state index contributed by atoms with van der Waals surface area (Å²) in [6.45, 7) is 0.306. The van der Waals surface area contributed by atoms with Gasteiger partial charge < -0.3 is 14.8 Å². The van der Waals surface area contributed by atoms with Crippen LogP contribution in [0.2, 0.25) is 5.02 Å². The molecule has 1 atom stereocenters. The van der Waals surface area contributed by atoms with Crippen molar-refractivity contribution in [3.8, 4) is 22.8 Å². The first-order valence-electron chi connectivity index (χ1n) is 8.89. The molecule has 4 rings (SSSR count). The third-order valence-electron chi connectivity index (χ3n) is 4.38. The van der Waals surface area contributed by atoms with Gasteiger partial charge in [-0.05, 0) is 35.9 Å². The quantitative estimate of drug-likeness (QED) is 0.693. The summed E-state index contributed by atoms with van der Waals surface area (Å²) in [5.74, 6) is 1.10. The lowest BCUT2D eigenvalue weighted by Crippen LogP contribution is -2.37. The van der Waals surface area contributed by atoms with Gasteiger partial charge >= 0.3 is 0 Å². The maximum Gasteiger partial charge on any atom is 0.258 e. The molecular formula is C21H18ClN3O3. The number of aromatic nitrogens is 2. The molecule has 2 aromatic carbocycles. The first-order valence-corrected chi connectivity index (χ1v) is 9.27. The largest absolute Gasteiger partial charge is 0.488 e. The number of ether oxygens (including phenoxy) is 2. The third kappa shape index (κ3) is 4.23. The monoisotopic (exact) mass is 395 g/mol. The zero-order valence-electron chi connectivity index (χ0n) is 15.0. The van der Waals surface area contributed by atoms with Crippen LogP contribution < -0.4 is 14.8 Å². The highest BCUT2D eigenvalue weighted by atomic mass is 35.5. The lowest BCUT2D eigenvalue weighted by Gasteiger charge is -2.12. The molecule has 1 N–H and O–H groups in total. The van der Waals surface area contributed by atoms with Crippen LogP contribution in [0.4, 0.5) is 0 Å². The fraction of sp³-hybridized carbons (Fsp3) is 0.190. The first-order chi connectivity index (χ1) is 13.7. The summed E-state index contributed by atoms with van der Waals surface area (Å²) in [4.78, 5) is 20.5. The van der Waals surface area contributed by atoms with E-state index in [1.165, 1.54) is 0 Å². The Hall–Kier alpha value is -3.12. The van der Waals surface area contributed by atoms with Crippen molar-refractivity contribution < 1.29 is 14.3 Å². The van der Waals surface area contributed by atoms with Gasteiger partial charge in [0, 0.05) is 24.4 Å². The fourth-order valence-electron chi connectivity index (χ4n) is 3.03. The van der Waals surface area contributed by atoms with E-state index in [0.29, 0.717) is 17.3 Å². The Morgan fingerprint density at radius 2 is 2.14 bits per heavy atom. The third-order valence-corrected chi connectivity index (χ3v) is 4.70. The van der Waals surface area contributed by atoms with Crippen molar-refractivity contribution in [3.05, 3.63) is 71.6 Å². The molecule has 0 fully saturated rings. The molecule has 142 valence electrons. The Balaban J connectivity index is 1.29. The van der Waals surface area contributed by atoms with Crippen LogP contribution in [0.1, 0.15) is 5.56 Å². The lowest BCUT2D eigenvalue weighted by molar-refractivity contribution is -0.123. The summed E-state index contributed by atoms with van der Waals surface area (Å²) in [6.07, 6.45) is 5.65. The minimum Gasteiger partial charge on any atom is -0.488 e. The number of hydrogen-bond donors (Lipinski definition) is 1. The Bertz CT molecular complexity index is 982. The number of carbonyl (C=O) groups is 1. The number of hydrogen-bond acceptors (Lipinski definition) is 5. The molecule has 1 aromatic heterocycles. The summed E-state index contributed by atoms with van der Waals surface area (Å²) in [5.41, 5.74) is 2.90. The molecule has 0 radical (unpaired) electrons. The van der Waals surface area contributed by atoms with E-state index < -0.39 is 0 Å². The van der Waals surface area contributed by atoms with Crippen LogP contribution in [-0.4, -0.2) is 35.1 Å². The van der Waals surface area contributed by atoms with Crippen LogP contribution in [0, 0.1) is 0 Å². The fourth-order valence-corrected chi connectivity index (χ4v) is 3.22. The molecule has 0 saturated heterocycles. The van der Waals surface area contributed by atoms with Crippen LogP contribution in [0.5, 0.6) is 11.5 Å². The summed E-state index contributed by atoms with van der Waals surface area (Å²) < 4.78 is 11.4. The number of fused-ring (bicyclic) bond motifs is 1. The Morgan fingerprint density at radius 3 is 2.96 bits per heavy atom. The highest BCUT2D eigenvalue weighted by molar-refractivity contribution is 6.32. The molecule has 7 heteroatoms. The Kier molecular flexibility index (Phi) is 5.39. The van der Waals surface area contributed by atoms with Crippen molar-refractivity contribution in [1.29, 1.82) is 0 Å². The number of carbonyl (C=O) groups excluding carboxylic acids is 1. The number of amides is 1. The van der Waals surface area contributed by atoms with E-state index >= 15 is 0 Å². The number of rotatable bonds is 6. The minimum absolute atomic E-state index is 0.0970. The number of nitrogens with zero attached hydrogens (tertiary/aromatic N) is 2. The van der Waals surface area contributed by atoms with Crippen LogP contribution >= 0.6 is 11.6 Å². The van der Waals surface area contributed by atoms with Gasteiger partial charge in [-0.15, -0.1) is 0 Å². The predicted molar refractivity (Wildman–Crippen MR) is 106 cm³/mol. The molecule has 3 aromatic rings. The molecule has 0 spiro atoms. The van der Waals surface area contributed by atoms with Crippen LogP contribution in [0.3, 0.4) is 0 Å². The average molecular weight is 396 g/mol. The van der Waals surface area contributed by atoms with Crippen molar-refractivity contribution in [2.75, 3.05) is 13.2 Å². The van der Waals surface area contributed by atoms with Gasteiger partial charge in [0.2, 0.25) is 0 Å². The maximum atomic E-state index is 12.0. The maximum absolute atomic E-state index is 12.0. The van der Waals surface area contributed by atoms with E-state index in [1.54, 1.807) is 42.9 Å². The molecule has 1 unspecified atom stereocenters. The van der Waals surface area contributed by atoms with Gasteiger partial charge in [-0.3, -0.25) is 14.8 Å². The van der Waals surface area contributed by atoms with E-state index in [0.717, 1.165) is 29.0 Å². The molecular weight excluding hydrogens is 378 g/mol. The molecule has 0 bridgehead atoms. The highest BCUT2D eigenvalue weighted by Crippen LogP contribution is 2.32. The summed E-state index contributed by atoms with van der Waals surface area (Å²) in [5, 5.41) is 3.32. The van der Waals surface area contributed by atoms with E-state index in [2.05, 4.69) is 21.4 Å². The van der Waals surface area contributed by atoms with E-state index in [-0.39, 0.29) is 18.6 Å². The summed E-state index contributed by atoms with van der Waals surface area (Å²) in [6, 6.07) is 13.0. The first kappa shape index (κ1) is 18.3. The second-order valence-electron chi connectivity index (χ2n) is 6.38. The lowest BCUT2D eigenvalue weighted by atomic mass is 10.0. The van der Waals surface area contributed by atoms with Crippen molar-refractivity contribution in [2.24, 2.45) is 0 Å². The Morgan fingerprint density at radius 1 is 1.25 bits per heavy atom. The smallest absolute Gasteiger partial charge is 0.258 e. The zero-order valence-corrected chi connectivity index (χ0v) is 15.7. The average Bonchev–Trinajstić information content (AvgIpc) is 3.14. The number of para-hydroxylation sites is 1. The van der Waals surface area contributed by atoms with Gasteiger partial charge in [0.05, 0.1) is 23.5 Å². The van der Waals surface area contributed by atoms with E-state index in [1.807, 2.05) is 12.1 Å². The van der Waals surface area contributed by atoms with Crippen molar-refractivity contribution in [1.82, 2.24) is 15.3 Å². The summed E-state index contributed by atoms with van der Waals surface area (Å²) in [7, 11) is 0. The number of benzene rings is 2. The van der Waals surface area contributed by atoms with Crippen molar-refractivity contribution >= 4 is 17.5 Å². The molecule has 0 aliphatic carbocycles. The van der Waals surface area contributed by atoms with Crippen LogP contribution in [0.25, 0.3) is 11.3 Å². The molecule has 1 amide bonds. The van der Waals surface area contributed by atoms with Gasteiger partial charge in [0.15, 0.2) is 6.61 Å². The predicted octanol–water partition coefficient (Wildman–Crippen LogP) is 3.30. The zero-order chi connectivity index (χ0) is 19.3. The topological polar surface area (TPSA) is 73.3 Å².